The van der Waals surface area contributed by atoms with Crippen LogP contribution in [-0.2, 0) is 9.47 Å². The molecule has 0 spiro atoms. The predicted molar refractivity (Wildman–Crippen MR) is 80.6 cm³/mol. The lowest BCUT2D eigenvalue weighted by molar-refractivity contribution is -0.0187. The zero-order chi connectivity index (χ0) is 15.5. The summed E-state index contributed by atoms with van der Waals surface area (Å²) >= 11 is 0. The van der Waals surface area contributed by atoms with Gasteiger partial charge < -0.3 is 14.8 Å². The third kappa shape index (κ3) is 3.15. The maximum absolute atomic E-state index is 13.4. The van der Waals surface area contributed by atoms with Crippen molar-refractivity contribution in [3.63, 3.8) is 0 Å². The van der Waals surface area contributed by atoms with Crippen LogP contribution in [0.2, 0.25) is 0 Å². The van der Waals surface area contributed by atoms with E-state index in [2.05, 4.69) is 5.32 Å². The Kier molecular flexibility index (Phi) is 4.74. The fourth-order valence-electron chi connectivity index (χ4n) is 3.38. The molecule has 120 valence electrons. The van der Waals surface area contributed by atoms with Crippen LogP contribution in [0.15, 0.2) is 29.5 Å². The van der Waals surface area contributed by atoms with E-state index in [1.165, 1.54) is 11.6 Å². The summed E-state index contributed by atoms with van der Waals surface area (Å²) in [5.41, 5.74) is 2.92. The van der Waals surface area contributed by atoms with Crippen molar-refractivity contribution < 1.29 is 18.3 Å². The van der Waals surface area contributed by atoms with Crippen LogP contribution in [-0.4, -0.2) is 26.4 Å². The number of halogens is 2. The quantitative estimate of drug-likeness (QED) is 0.916. The molecule has 1 aromatic carbocycles. The van der Waals surface area contributed by atoms with Gasteiger partial charge in [-0.25, -0.2) is 8.78 Å². The van der Waals surface area contributed by atoms with Gasteiger partial charge in [-0.2, -0.15) is 0 Å². The van der Waals surface area contributed by atoms with E-state index in [0.717, 1.165) is 44.1 Å². The molecule has 5 heteroatoms. The summed E-state index contributed by atoms with van der Waals surface area (Å²) in [4.78, 5) is 0. The zero-order valence-electron chi connectivity index (χ0n) is 12.7. The van der Waals surface area contributed by atoms with Crippen molar-refractivity contribution in [2.24, 2.45) is 5.92 Å². The van der Waals surface area contributed by atoms with E-state index in [1.54, 1.807) is 13.2 Å². The molecule has 2 aliphatic rings. The number of allylic oxidation sites excluding steroid dienone is 1. The van der Waals surface area contributed by atoms with Gasteiger partial charge in [-0.1, -0.05) is 0 Å². The van der Waals surface area contributed by atoms with Crippen LogP contribution >= 0.6 is 0 Å². The van der Waals surface area contributed by atoms with E-state index in [4.69, 9.17) is 9.47 Å². The second-order valence-electron chi connectivity index (χ2n) is 5.91. The maximum atomic E-state index is 13.4. The number of anilines is 1. The van der Waals surface area contributed by atoms with Crippen molar-refractivity contribution in [2.45, 2.75) is 31.8 Å². The van der Waals surface area contributed by atoms with Crippen LogP contribution in [0.4, 0.5) is 14.5 Å². The van der Waals surface area contributed by atoms with Gasteiger partial charge in [0, 0.05) is 37.1 Å². The molecule has 1 fully saturated rings. The first-order chi connectivity index (χ1) is 10.7. The van der Waals surface area contributed by atoms with Crippen molar-refractivity contribution in [3.8, 4) is 0 Å². The Morgan fingerprint density at radius 2 is 2.14 bits per heavy atom. The lowest BCUT2D eigenvalue weighted by Gasteiger charge is -2.38. The lowest BCUT2D eigenvalue weighted by atomic mass is 9.81. The van der Waals surface area contributed by atoms with Gasteiger partial charge in [0.05, 0.1) is 12.7 Å². The Morgan fingerprint density at radius 3 is 2.91 bits per heavy atom. The van der Waals surface area contributed by atoms with E-state index in [-0.39, 0.29) is 6.10 Å². The summed E-state index contributed by atoms with van der Waals surface area (Å²) < 4.78 is 37.6. The smallest absolute Gasteiger partial charge is 0.160 e. The molecule has 0 aromatic heterocycles. The van der Waals surface area contributed by atoms with Crippen LogP contribution in [0, 0.1) is 17.6 Å². The highest BCUT2D eigenvalue weighted by molar-refractivity contribution is 5.50. The molecular formula is C17H21F2NO2. The summed E-state index contributed by atoms with van der Waals surface area (Å²) in [7, 11) is 1.71. The maximum Gasteiger partial charge on any atom is 0.160 e. The first-order valence-electron chi connectivity index (χ1n) is 7.73. The Labute approximate surface area is 129 Å². The fourth-order valence-corrected chi connectivity index (χ4v) is 3.38. The van der Waals surface area contributed by atoms with Crippen LogP contribution in [0.3, 0.4) is 0 Å². The average Bonchev–Trinajstić information content (AvgIpc) is 2.53. The fraction of sp³-hybridized carbons (Fsp3) is 0.529. The second-order valence-corrected chi connectivity index (χ2v) is 5.91. The number of fused-ring (bicyclic) bond motifs is 1. The van der Waals surface area contributed by atoms with Crippen LogP contribution in [0.1, 0.15) is 25.7 Å². The predicted octanol–water partition coefficient (Wildman–Crippen LogP) is 3.87. The van der Waals surface area contributed by atoms with Crippen molar-refractivity contribution in [3.05, 3.63) is 41.1 Å². The third-order valence-electron chi connectivity index (χ3n) is 4.41. The van der Waals surface area contributed by atoms with Gasteiger partial charge in [0.2, 0.25) is 0 Å². The Bertz CT molecular complexity index is 574. The van der Waals surface area contributed by atoms with Crippen molar-refractivity contribution >= 4 is 5.69 Å². The van der Waals surface area contributed by atoms with Crippen molar-refractivity contribution in [1.29, 1.82) is 0 Å². The van der Waals surface area contributed by atoms with Crippen molar-refractivity contribution in [1.82, 2.24) is 0 Å². The largest absolute Gasteiger partial charge is 0.384 e. The molecule has 1 aromatic rings. The van der Waals surface area contributed by atoms with Crippen LogP contribution in [0.5, 0.6) is 0 Å². The number of benzene rings is 1. The standard InChI is InChI=1S/C17H21F2NO2/c1-21-10-11-4-7-16(13-3-2-8-22-17(11)13)20-12-5-6-14(18)15(19)9-12/h5-6,9,11,17,20H,2-4,7-8,10H2,1H3. The highest BCUT2D eigenvalue weighted by atomic mass is 19.2. The van der Waals surface area contributed by atoms with Gasteiger partial charge in [0.25, 0.3) is 0 Å². The van der Waals surface area contributed by atoms with Crippen molar-refractivity contribution in [2.75, 3.05) is 25.6 Å². The molecule has 0 amide bonds. The molecule has 22 heavy (non-hydrogen) atoms. The number of hydrogen-bond donors (Lipinski definition) is 1. The van der Waals surface area contributed by atoms with Gasteiger partial charge >= 0.3 is 0 Å². The second kappa shape index (κ2) is 6.75. The zero-order valence-corrected chi connectivity index (χ0v) is 12.7. The average molecular weight is 309 g/mol. The van der Waals surface area contributed by atoms with E-state index in [0.29, 0.717) is 18.2 Å². The van der Waals surface area contributed by atoms with E-state index < -0.39 is 11.6 Å². The van der Waals surface area contributed by atoms with Gasteiger partial charge in [-0.15, -0.1) is 0 Å². The molecule has 1 saturated heterocycles. The first kappa shape index (κ1) is 15.4. The minimum absolute atomic E-state index is 0.0789. The molecule has 1 N–H and O–H groups in total. The topological polar surface area (TPSA) is 30.5 Å². The summed E-state index contributed by atoms with van der Waals surface area (Å²) in [6.45, 7) is 1.46. The van der Waals surface area contributed by atoms with E-state index >= 15 is 0 Å². The van der Waals surface area contributed by atoms with Gasteiger partial charge in [0.15, 0.2) is 11.6 Å². The van der Waals surface area contributed by atoms with Gasteiger partial charge in [-0.3, -0.25) is 0 Å². The molecule has 0 radical (unpaired) electrons. The monoisotopic (exact) mass is 309 g/mol. The molecule has 2 unspecified atom stereocenters. The molecule has 1 aliphatic heterocycles. The number of rotatable bonds is 4. The lowest BCUT2D eigenvalue weighted by Crippen LogP contribution is -2.37. The van der Waals surface area contributed by atoms with Gasteiger partial charge in [0.1, 0.15) is 0 Å². The Morgan fingerprint density at radius 1 is 1.27 bits per heavy atom. The molecule has 1 heterocycles. The highest BCUT2D eigenvalue weighted by Crippen LogP contribution is 2.37. The minimum Gasteiger partial charge on any atom is -0.384 e. The SMILES string of the molecule is COCC1CCC(Nc2ccc(F)c(F)c2)=C2CCCOC21. The molecule has 3 rings (SSSR count). The molecule has 1 aliphatic carbocycles. The molecule has 3 nitrogen and oxygen atoms in total. The van der Waals surface area contributed by atoms with Gasteiger partial charge in [-0.05, 0) is 43.4 Å². The number of nitrogens with one attached hydrogen (secondary N) is 1. The minimum atomic E-state index is -0.833. The van der Waals surface area contributed by atoms with Crippen LogP contribution in [0.25, 0.3) is 0 Å². The summed E-state index contributed by atoms with van der Waals surface area (Å²) in [5, 5.41) is 3.26. The van der Waals surface area contributed by atoms with E-state index in [9.17, 15) is 8.78 Å². The first-order valence-corrected chi connectivity index (χ1v) is 7.73. The summed E-state index contributed by atoms with van der Waals surface area (Å²) in [5.74, 6) is -1.29. The number of methoxy groups -OCH3 is 1. The molecule has 0 saturated carbocycles. The number of ether oxygens (including phenoxy) is 2. The molecular weight excluding hydrogens is 288 g/mol. The Hall–Kier alpha value is -1.46. The number of hydrogen-bond acceptors (Lipinski definition) is 3. The Balaban J connectivity index is 1.83. The third-order valence-corrected chi connectivity index (χ3v) is 4.41. The highest BCUT2D eigenvalue weighted by Gasteiger charge is 2.34. The molecule has 2 atom stereocenters. The molecule has 0 bridgehead atoms. The summed E-state index contributed by atoms with van der Waals surface area (Å²) in [6.07, 6.45) is 3.90. The normalized spacial score (nSPS) is 25.0. The van der Waals surface area contributed by atoms with E-state index in [1.807, 2.05) is 0 Å². The van der Waals surface area contributed by atoms with Crippen LogP contribution < -0.4 is 5.32 Å². The summed E-state index contributed by atoms with van der Waals surface area (Å²) in [6, 6.07) is 3.91.